The van der Waals surface area contributed by atoms with Crippen molar-refractivity contribution in [2.75, 3.05) is 12.4 Å². The zero-order chi connectivity index (χ0) is 20.9. The van der Waals surface area contributed by atoms with Crippen molar-refractivity contribution in [2.24, 2.45) is 11.1 Å². The monoisotopic (exact) mass is 398 g/mol. The van der Waals surface area contributed by atoms with Gasteiger partial charge in [-0.1, -0.05) is 59.8 Å². The Morgan fingerprint density at radius 2 is 1.93 bits per heavy atom. The number of nitrogens with zero attached hydrogens (tertiary/aromatic N) is 1. The van der Waals surface area contributed by atoms with Crippen LogP contribution < -0.4 is 5.32 Å². The first-order valence-electron chi connectivity index (χ1n) is 9.81. The van der Waals surface area contributed by atoms with E-state index in [4.69, 9.17) is 9.94 Å². The van der Waals surface area contributed by atoms with Crippen LogP contribution in [0.15, 0.2) is 71.9 Å². The lowest BCUT2D eigenvalue weighted by Gasteiger charge is -2.09. The number of oxime groups is 1. The summed E-state index contributed by atoms with van der Waals surface area (Å²) in [6.45, 7) is 0.583. The van der Waals surface area contributed by atoms with Crippen molar-refractivity contribution in [1.29, 1.82) is 0 Å². The summed E-state index contributed by atoms with van der Waals surface area (Å²) >= 11 is 0. The van der Waals surface area contributed by atoms with Crippen molar-refractivity contribution in [3.05, 3.63) is 101 Å². The fraction of sp³-hybridized carbons (Fsp3) is 0.200. The molecule has 1 aliphatic rings. The van der Waals surface area contributed by atoms with Crippen LogP contribution in [0.1, 0.15) is 34.6 Å². The van der Waals surface area contributed by atoms with Crippen LogP contribution in [0.2, 0.25) is 0 Å². The summed E-state index contributed by atoms with van der Waals surface area (Å²) in [5, 5.41) is 16.7. The van der Waals surface area contributed by atoms with Gasteiger partial charge >= 0.3 is 5.97 Å². The number of hydrogen-bond donors (Lipinski definition) is 2. The van der Waals surface area contributed by atoms with Gasteiger partial charge < -0.3 is 15.3 Å². The van der Waals surface area contributed by atoms with Crippen molar-refractivity contribution < 1.29 is 14.7 Å². The predicted molar refractivity (Wildman–Crippen MR) is 115 cm³/mol. The lowest BCUT2D eigenvalue weighted by Crippen LogP contribution is -2.05. The summed E-state index contributed by atoms with van der Waals surface area (Å²) in [5.41, 5.74) is 5.61. The van der Waals surface area contributed by atoms with E-state index in [1.165, 1.54) is 7.11 Å². The zero-order valence-electron chi connectivity index (χ0n) is 16.6. The van der Waals surface area contributed by atoms with Crippen molar-refractivity contribution in [1.82, 2.24) is 0 Å². The summed E-state index contributed by atoms with van der Waals surface area (Å²) < 4.78 is 0. The van der Waals surface area contributed by atoms with Gasteiger partial charge in [-0.2, -0.15) is 0 Å². The Bertz CT molecular complexity index is 1050. The number of hydrogen-bond acceptors (Lipinski definition) is 4. The van der Waals surface area contributed by atoms with Gasteiger partial charge in [0, 0.05) is 28.9 Å². The molecule has 3 aromatic rings. The lowest BCUT2D eigenvalue weighted by molar-refractivity contribution is -0.138. The number of carboxylic acid groups (broad SMARTS) is 1. The minimum atomic E-state index is -0.708. The molecular formula is C25H22N2O3. The number of aliphatic carboxylic acids is 1. The Morgan fingerprint density at radius 3 is 2.60 bits per heavy atom. The molecule has 5 nitrogen and oxygen atoms in total. The molecule has 0 heterocycles. The Hall–Kier alpha value is -3.78. The minimum absolute atomic E-state index is 0.146. The molecule has 2 unspecified atom stereocenters. The molecular weight excluding hydrogens is 376 g/mol. The Balaban J connectivity index is 1.43. The van der Waals surface area contributed by atoms with Gasteiger partial charge in [-0.05, 0) is 42.2 Å². The van der Waals surface area contributed by atoms with Crippen molar-refractivity contribution >= 4 is 17.4 Å². The predicted octanol–water partition coefficient (Wildman–Crippen LogP) is 4.49. The van der Waals surface area contributed by atoms with Crippen LogP contribution in [0, 0.1) is 18.1 Å². The highest BCUT2D eigenvalue weighted by Crippen LogP contribution is 2.47. The van der Waals surface area contributed by atoms with Gasteiger partial charge in [0.05, 0.1) is 5.92 Å². The van der Waals surface area contributed by atoms with Crippen LogP contribution in [0.3, 0.4) is 0 Å². The van der Waals surface area contributed by atoms with Gasteiger partial charge in [-0.15, -0.1) is 0 Å². The Labute approximate surface area is 176 Å². The van der Waals surface area contributed by atoms with E-state index in [2.05, 4.69) is 22.6 Å². The maximum atomic E-state index is 11.0. The highest BCUT2D eigenvalue weighted by molar-refractivity contribution is 6.12. The number of carbonyl (C=O) groups is 1. The molecule has 0 radical (unpaired) electrons. The molecule has 0 amide bonds. The second-order valence-corrected chi connectivity index (χ2v) is 7.29. The second-order valence-electron chi connectivity index (χ2n) is 7.29. The second kappa shape index (κ2) is 8.71. The molecule has 3 aromatic carbocycles. The normalized spacial score (nSPS) is 17.7. The van der Waals surface area contributed by atoms with Gasteiger partial charge in [0.25, 0.3) is 0 Å². The average Bonchev–Trinajstić information content (AvgIpc) is 3.59. The first-order valence-corrected chi connectivity index (χ1v) is 9.81. The number of benzene rings is 2. The van der Waals surface area contributed by atoms with E-state index in [-0.39, 0.29) is 11.8 Å². The van der Waals surface area contributed by atoms with E-state index in [1.807, 2.05) is 66.7 Å². The highest BCUT2D eigenvalue weighted by Gasteiger charge is 2.43. The van der Waals surface area contributed by atoms with Crippen LogP contribution in [-0.2, 0) is 16.2 Å². The molecule has 2 N–H and O–H groups in total. The van der Waals surface area contributed by atoms with Crippen LogP contribution in [0.5, 0.6) is 0 Å². The summed E-state index contributed by atoms with van der Waals surface area (Å²) in [5.74, 6) is -0.794. The van der Waals surface area contributed by atoms with Crippen molar-refractivity contribution in [2.45, 2.75) is 18.9 Å². The van der Waals surface area contributed by atoms with Crippen molar-refractivity contribution in [3.63, 3.8) is 0 Å². The minimum Gasteiger partial charge on any atom is -0.481 e. The molecule has 0 spiro atoms. The van der Waals surface area contributed by atoms with Gasteiger partial charge in [0.2, 0.25) is 0 Å². The average molecular weight is 398 g/mol. The summed E-state index contributed by atoms with van der Waals surface area (Å²) in [6.07, 6.45) is 0.729. The molecule has 0 bridgehead atoms. The van der Waals surface area contributed by atoms with Crippen LogP contribution in [0.4, 0.5) is 5.69 Å². The van der Waals surface area contributed by atoms with E-state index >= 15 is 0 Å². The SMILES string of the molecule is CO/N=C(/c1ccccc1)c1cc#cc(CNc2ccc(C3CC3C(=O)O)cc2)c1. The zero-order valence-corrected chi connectivity index (χ0v) is 16.6. The van der Waals surface area contributed by atoms with Crippen LogP contribution >= 0.6 is 0 Å². The summed E-state index contributed by atoms with van der Waals surface area (Å²) in [6, 6.07) is 27.9. The maximum Gasteiger partial charge on any atom is 0.307 e. The number of nitrogens with one attached hydrogen (secondary N) is 1. The topological polar surface area (TPSA) is 70.9 Å². The largest absolute Gasteiger partial charge is 0.481 e. The standard InChI is InChI=1S/C25H22N2O3/c1-30-27-24(19-7-3-2-4-8-19)20-9-5-6-17(14-20)16-26-21-12-10-18(11-13-21)22-15-23(22)25(28)29/h2-4,7-14,22-23,26H,15-16H2,1H3,(H,28,29)/b27-24-. The molecule has 1 fully saturated rings. The van der Waals surface area contributed by atoms with E-state index in [0.717, 1.165) is 40.1 Å². The smallest absolute Gasteiger partial charge is 0.307 e. The number of rotatable bonds is 8. The van der Waals surface area contributed by atoms with E-state index in [0.29, 0.717) is 6.54 Å². The van der Waals surface area contributed by atoms with Gasteiger partial charge in [-0.3, -0.25) is 4.79 Å². The third-order valence-electron chi connectivity index (χ3n) is 5.22. The fourth-order valence-corrected chi connectivity index (χ4v) is 3.55. The van der Waals surface area contributed by atoms with Gasteiger partial charge in [-0.25, -0.2) is 0 Å². The fourth-order valence-electron chi connectivity index (χ4n) is 3.55. The molecule has 5 heteroatoms. The first-order chi connectivity index (χ1) is 14.7. The third-order valence-corrected chi connectivity index (χ3v) is 5.22. The molecule has 1 aliphatic carbocycles. The van der Waals surface area contributed by atoms with Gasteiger partial charge in [0.1, 0.15) is 12.8 Å². The third kappa shape index (κ3) is 4.44. The molecule has 0 saturated heterocycles. The first kappa shape index (κ1) is 19.5. The molecule has 30 heavy (non-hydrogen) atoms. The lowest BCUT2D eigenvalue weighted by atomic mass is 10.0. The summed E-state index contributed by atoms with van der Waals surface area (Å²) in [4.78, 5) is 16.1. The Kier molecular flexibility index (Phi) is 5.67. The van der Waals surface area contributed by atoms with Crippen LogP contribution in [0.25, 0.3) is 0 Å². The van der Waals surface area contributed by atoms with E-state index < -0.39 is 5.97 Å². The highest BCUT2D eigenvalue weighted by atomic mass is 16.6. The molecule has 2 atom stereocenters. The molecule has 0 aliphatic heterocycles. The van der Waals surface area contributed by atoms with Crippen LogP contribution in [-0.4, -0.2) is 23.9 Å². The number of anilines is 1. The summed E-state index contributed by atoms with van der Waals surface area (Å²) in [7, 11) is 1.54. The van der Waals surface area contributed by atoms with E-state index in [1.54, 1.807) is 0 Å². The molecule has 150 valence electrons. The quantitative estimate of drug-likeness (QED) is 0.433. The molecule has 1 saturated carbocycles. The maximum absolute atomic E-state index is 11.0. The molecule has 0 aromatic heterocycles. The Morgan fingerprint density at radius 1 is 1.17 bits per heavy atom. The van der Waals surface area contributed by atoms with Crippen molar-refractivity contribution in [3.8, 4) is 0 Å². The van der Waals surface area contributed by atoms with Gasteiger partial charge in [0.15, 0.2) is 0 Å². The number of carboxylic acids is 1. The molecule has 4 rings (SSSR count). The van der Waals surface area contributed by atoms with E-state index in [9.17, 15) is 4.79 Å².